The van der Waals surface area contributed by atoms with Gasteiger partial charge in [-0.25, -0.2) is 0 Å². The second kappa shape index (κ2) is 4.21. The molecule has 14 heavy (non-hydrogen) atoms. The number of ether oxygens (including phenoxy) is 2. The summed E-state index contributed by atoms with van der Waals surface area (Å²) in [7, 11) is 0. The zero-order valence-corrected chi connectivity index (χ0v) is 8.80. The topological polar surface area (TPSA) is 35.5 Å². The first kappa shape index (κ1) is 9.83. The van der Waals surface area contributed by atoms with Crippen molar-refractivity contribution in [3.05, 3.63) is 21.9 Å². The lowest BCUT2D eigenvalue weighted by Gasteiger charge is -2.06. The summed E-state index contributed by atoms with van der Waals surface area (Å²) in [5, 5.41) is 1.88. The van der Waals surface area contributed by atoms with E-state index in [0.29, 0.717) is 19.6 Å². The van der Waals surface area contributed by atoms with Crippen LogP contribution in [0.15, 0.2) is 11.4 Å². The maximum atomic E-state index is 11.7. The van der Waals surface area contributed by atoms with Crippen molar-refractivity contribution in [2.45, 2.75) is 19.6 Å². The van der Waals surface area contributed by atoms with Crippen molar-refractivity contribution in [3.8, 4) is 0 Å². The monoisotopic (exact) mass is 212 g/mol. The molecule has 2 rings (SSSR count). The van der Waals surface area contributed by atoms with Crippen molar-refractivity contribution in [2.24, 2.45) is 0 Å². The Morgan fingerprint density at radius 3 is 2.86 bits per heavy atom. The summed E-state index contributed by atoms with van der Waals surface area (Å²) in [6.07, 6.45) is -0.00129. The Balaban J connectivity index is 1.95. The molecule has 0 bridgehead atoms. The molecular formula is C10H12O3S. The highest BCUT2D eigenvalue weighted by Crippen LogP contribution is 2.17. The van der Waals surface area contributed by atoms with E-state index in [4.69, 9.17) is 9.47 Å². The summed E-state index contributed by atoms with van der Waals surface area (Å²) in [6.45, 7) is 3.19. The fourth-order valence-corrected chi connectivity index (χ4v) is 2.09. The van der Waals surface area contributed by atoms with Crippen LogP contribution in [0.3, 0.4) is 0 Å². The smallest absolute Gasteiger partial charge is 0.168 e. The van der Waals surface area contributed by atoms with Gasteiger partial charge in [0.2, 0.25) is 0 Å². The zero-order valence-electron chi connectivity index (χ0n) is 7.99. The highest BCUT2D eigenvalue weighted by molar-refractivity contribution is 7.10. The Kier molecular flexibility index (Phi) is 2.96. The highest BCUT2D eigenvalue weighted by atomic mass is 32.1. The zero-order chi connectivity index (χ0) is 9.97. The molecule has 1 fully saturated rings. The van der Waals surface area contributed by atoms with Crippen molar-refractivity contribution >= 4 is 17.1 Å². The molecule has 1 aliphatic heterocycles. The second-order valence-corrected chi connectivity index (χ2v) is 4.36. The third kappa shape index (κ3) is 2.20. The highest BCUT2D eigenvalue weighted by Gasteiger charge is 2.20. The number of hydrogen-bond donors (Lipinski definition) is 0. The molecule has 4 heteroatoms. The van der Waals surface area contributed by atoms with Crippen LogP contribution in [0.5, 0.6) is 0 Å². The predicted molar refractivity (Wildman–Crippen MR) is 53.7 cm³/mol. The van der Waals surface area contributed by atoms with E-state index in [2.05, 4.69) is 0 Å². The molecule has 0 aliphatic carbocycles. The fourth-order valence-electron chi connectivity index (χ4n) is 1.38. The molecule has 0 unspecified atom stereocenters. The largest absolute Gasteiger partial charge is 0.350 e. The Morgan fingerprint density at radius 1 is 1.57 bits per heavy atom. The first-order chi connectivity index (χ1) is 6.75. The van der Waals surface area contributed by atoms with Crippen LogP contribution in [0.25, 0.3) is 0 Å². The van der Waals surface area contributed by atoms with Crippen LogP contribution >= 0.6 is 11.3 Å². The van der Waals surface area contributed by atoms with Crippen molar-refractivity contribution in [1.82, 2.24) is 0 Å². The molecular weight excluding hydrogens is 200 g/mol. The van der Waals surface area contributed by atoms with Gasteiger partial charge in [0.25, 0.3) is 0 Å². The van der Waals surface area contributed by atoms with Gasteiger partial charge in [-0.1, -0.05) is 0 Å². The quantitative estimate of drug-likeness (QED) is 0.719. The Bertz CT molecular complexity index is 326. The summed E-state index contributed by atoms with van der Waals surface area (Å²) in [6, 6.07) is 1.90. The molecule has 76 valence electrons. The van der Waals surface area contributed by atoms with Crippen LogP contribution in [-0.4, -0.2) is 25.3 Å². The number of ketones is 1. The molecule has 0 saturated carbocycles. The predicted octanol–water partition coefficient (Wildman–Crippen LogP) is 2.00. The van der Waals surface area contributed by atoms with E-state index in [1.165, 1.54) is 0 Å². The van der Waals surface area contributed by atoms with Gasteiger partial charge in [-0.15, -0.1) is 11.3 Å². The van der Waals surface area contributed by atoms with E-state index < -0.39 is 0 Å². The van der Waals surface area contributed by atoms with Crippen molar-refractivity contribution in [1.29, 1.82) is 0 Å². The van der Waals surface area contributed by atoms with Crippen LogP contribution in [-0.2, 0) is 9.47 Å². The lowest BCUT2D eigenvalue weighted by atomic mass is 10.1. The van der Waals surface area contributed by atoms with E-state index in [1.807, 2.05) is 18.4 Å². The summed E-state index contributed by atoms with van der Waals surface area (Å²) in [4.78, 5) is 12.8. The fraction of sp³-hybridized carbons (Fsp3) is 0.500. The van der Waals surface area contributed by atoms with Gasteiger partial charge in [-0.05, 0) is 13.0 Å². The molecule has 1 aliphatic rings. The number of aryl methyl sites for hydroxylation is 1. The van der Waals surface area contributed by atoms with Crippen molar-refractivity contribution < 1.29 is 14.3 Å². The van der Waals surface area contributed by atoms with Crippen molar-refractivity contribution in [2.75, 3.05) is 13.2 Å². The third-order valence-electron chi connectivity index (χ3n) is 2.10. The SMILES string of the molecule is Cc1cc(C(=O)CC2OCCO2)cs1. The van der Waals surface area contributed by atoms with Gasteiger partial charge >= 0.3 is 0 Å². The van der Waals surface area contributed by atoms with Crippen LogP contribution in [0.2, 0.25) is 0 Å². The van der Waals surface area contributed by atoms with Gasteiger partial charge in [-0.3, -0.25) is 4.79 Å². The average molecular weight is 212 g/mol. The summed E-state index contributed by atoms with van der Waals surface area (Å²) < 4.78 is 10.4. The molecule has 0 radical (unpaired) electrons. The maximum absolute atomic E-state index is 11.7. The number of carbonyl (C=O) groups excluding carboxylic acids is 1. The van der Waals surface area contributed by atoms with E-state index in [0.717, 1.165) is 10.4 Å². The van der Waals surface area contributed by atoms with Crippen LogP contribution < -0.4 is 0 Å². The van der Waals surface area contributed by atoms with Gasteiger partial charge in [0.05, 0.1) is 19.6 Å². The lowest BCUT2D eigenvalue weighted by Crippen LogP contribution is -2.13. The number of Topliss-reactive ketones (excluding diaryl/α,β-unsaturated/α-hetero) is 1. The standard InChI is InChI=1S/C10H12O3S/c1-7-4-8(6-14-7)9(11)5-10-12-2-3-13-10/h4,6,10H,2-3,5H2,1H3. The van der Waals surface area contributed by atoms with Gasteiger partial charge in [0.15, 0.2) is 12.1 Å². The molecule has 0 aromatic carbocycles. The van der Waals surface area contributed by atoms with Gasteiger partial charge in [-0.2, -0.15) is 0 Å². The normalized spacial score (nSPS) is 17.5. The Labute approximate surface area is 86.6 Å². The molecule has 1 aromatic rings. The molecule has 2 heterocycles. The van der Waals surface area contributed by atoms with E-state index in [-0.39, 0.29) is 12.1 Å². The minimum absolute atomic E-state index is 0.0984. The number of hydrogen-bond acceptors (Lipinski definition) is 4. The second-order valence-electron chi connectivity index (χ2n) is 3.24. The van der Waals surface area contributed by atoms with Crippen LogP contribution in [0.4, 0.5) is 0 Å². The molecule has 0 spiro atoms. The minimum Gasteiger partial charge on any atom is -0.350 e. The number of rotatable bonds is 3. The van der Waals surface area contributed by atoms with Crippen molar-refractivity contribution in [3.63, 3.8) is 0 Å². The first-order valence-corrected chi connectivity index (χ1v) is 5.45. The molecule has 0 atom stereocenters. The average Bonchev–Trinajstić information content (AvgIpc) is 2.75. The third-order valence-corrected chi connectivity index (χ3v) is 2.96. The molecule has 0 amide bonds. The van der Waals surface area contributed by atoms with E-state index in [9.17, 15) is 4.79 Å². The summed E-state index contributed by atoms with van der Waals surface area (Å²) in [5.41, 5.74) is 0.770. The summed E-state index contributed by atoms with van der Waals surface area (Å²) in [5.74, 6) is 0.0984. The molecule has 1 saturated heterocycles. The molecule has 0 N–H and O–H groups in total. The van der Waals surface area contributed by atoms with Gasteiger partial charge in [0, 0.05) is 15.8 Å². The van der Waals surface area contributed by atoms with E-state index >= 15 is 0 Å². The Morgan fingerprint density at radius 2 is 2.29 bits per heavy atom. The summed E-state index contributed by atoms with van der Waals surface area (Å²) >= 11 is 1.59. The van der Waals surface area contributed by atoms with Crippen LogP contribution in [0.1, 0.15) is 21.7 Å². The first-order valence-electron chi connectivity index (χ1n) is 4.57. The lowest BCUT2D eigenvalue weighted by molar-refractivity contribution is -0.0407. The number of carbonyl (C=O) groups is 1. The number of thiophene rings is 1. The van der Waals surface area contributed by atoms with Crippen LogP contribution in [0, 0.1) is 6.92 Å². The van der Waals surface area contributed by atoms with E-state index in [1.54, 1.807) is 11.3 Å². The molecule has 3 nitrogen and oxygen atoms in total. The minimum atomic E-state index is -0.331. The Hall–Kier alpha value is -0.710. The van der Waals surface area contributed by atoms with Gasteiger partial charge < -0.3 is 9.47 Å². The van der Waals surface area contributed by atoms with Gasteiger partial charge in [0.1, 0.15) is 0 Å². The maximum Gasteiger partial charge on any atom is 0.168 e. The molecule has 1 aromatic heterocycles.